The summed E-state index contributed by atoms with van der Waals surface area (Å²) in [4.78, 5) is 0.111. The number of benzene rings is 1. The van der Waals surface area contributed by atoms with E-state index in [0.29, 0.717) is 17.5 Å². The Hall–Kier alpha value is -1.60. The SMILES string of the molecule is CC(CCNc1snc(N)c1S(C)(=O)=O)c1ccccc1. The number of rotatable bonds is 6. The Morgan fingerprint density at radius 1 is 1.33 bits per heavy atom. The first-order chi connectivity index (χ1) is 9.89. The molecule has 0 aliphatic rings. The molecule has 0 aliphatic heterocycles. The van der Waals surface area contributed by atoms with Gasteiger partial charge in [0.2, 0.25) is 0 Å². The summed E-state index contributed by atoms with van der Waals surface area (Å²) in [6.45, 7) is 2.82. The number of anilines is 2. The minimum Gasteiger partial charge on any atom is -0.382 e. The van der Waals surface area contributed by atoms with Crippen LogP contribution in [0.15, 0.2) is 35.2 Å². The molecule has 21 heavy (non-hydrogen) atoms. The molecule has 2 rings (SSSR count). The number of nitrogens with one attached hydrogen (secondary N) is 1. The molecule has 0 amide bonds. The fraction of sp³-hybridized carbons (Fsp3) is 0.357. The van der Waals surface area contributed by atoms with Crippen LogP contribution in [-0.2, 0) is 9.84 Å². The summed E-state index contributed by atoms with van der Waals surface area (Å²) in [5.41, 5.74) is 6.90. The quantitative estimate of drug-likeness (QED) is 0.853. The van der Waals surface area contributed by atoms with Gasteiger partial charge >= 0.3 is 0 Å². The Morgan fingerprint density at radius 3 is 2.62 bits per heavy atom. The highest BCUT2D eigenvalue weighted by atomic mass is 32.2. The van der Waals surface area contributed by atoms with Crippen LogP contribution in [0.3, 0.4) is 0 Å². The van der Waals surface area contributed by atoms with Crippen molar-refractivity contribution in [1.82, 2.24) is 4.37 Å². The number of hydrogen-bond donors (Lipinski definition) is 2. The third kappa shape index (κ3) is 3.95. The van der Waals surface area contributed by atoms with Gasteiger partial charge < -0.3 is 11.1 Å². The van der Waals surface area contributed by atoms with Crippen LogP contribution >= 0.6 is 11.5 Å². The van der Waals surface area contributed by atoms with Crippen molar-refractivity contribution in [3.8, 4) is 0 Å². The Morgan fingerprint density at radius 2 is 2.00 bits per heavy atom. The van der Waals surface area contributed by atoms with E-state index < -0.39 is 9.84 Å². The molecule has 1 unspecified atom stereocenters. The second-order valence-corrected chi connectivity index (χ2v) is 7.75. The Balaban J connectivity index is 1.99. The standard InChI is InChI=1S/C14H19N3O2S2/c1-10(11-6-4-3-5-7-11)8-9-16-14-12(21(2,18)19)13(15)17-20-14/h3-7,10,16H,8-9H2,1-2H3,(H2,15,17). The van der Waals surface area contributed by atoms with Gasteiger partial charge in [-0.2, -0.15) is 4.37 Å². The third-order valence-corrected chi connectivity index (χ3v) is 5.38. The molecule has 3 N–H and O–H groups in total. The van der Waals surface area contributed by atoms with Crippen LogP contribution in [0.25, 0.3) is 0 Å². The summed E-state index contributed by atoms with van der Waals surface area (Å²) in [6, 6.07) is 10.2. The molecule has 1 aromatic carbocycles. The molecule has 1 atom stereocenters. The van der Waals surface area contributed by atoms with Gasteiger partial charge in [-0.15, -0.1) is 0 Å². The van der Waals surface area contributed by atoms with E-state index in [1.165, 1.54) is 5.56 Å². The Labute approximate surface area is 129 Å². The van der Waals surface area contributed by atoms with Crippen LogP contribution in [0, 0.1) is 0 Å². The first-order valence-electron chi connectivity index (χ1n) is 6.63. The largest absolute Gasteiger partial charge is 0.382 e. The van der Waals surface area contributed by atoms with Crippen LogP contribution in [0.1, 0.15) is 24.8 Å². The summed E-state index contributed by atoms with van der Waals surface area (Å²) >= 11 is 1.09. The van der Waals surface area contributed by atoms with Gasteiger partial charge in [0.25, 0.3) is 0 Å². The molecular formula is C14H19N3O2S2. The number of nitrogen functional groups attached to an aromatic ring is 1. The highest BCUT2D eigenvalue weighted by Gasteiger charge is 2.21. The average molecular weight is 325 g/mol. The van der Waals surface area contributed by atoms with Crippen LogP contribution in [0.2, 0.25) is 0 Å². The minimum absolute atomic E-state index is 0.0705. The van der Waals surface area contributed by atoms with Crippen molar-refractivity contribution in [2.24, 2.45) is 0 Å². The lowest BCUT2D eigenvalue weighted by atomic mass is 9.98. The van der Waals surface area contributed by atoms with Crippen molar-refractivity contribution < 1.29 is 8.42 Å². The zero-order valence-electron chi connectivity index (χ0n) is 12.0. The normalized spacial score (nSPS) is 13.0. The lowest BCUT2D eigenvalue weighted by molar-refractivity contribution is 0.602. The van der Waals surface area contributed by atoms with Crippen LogP contribution in [0.4, 0.5) is 10.8 Å². The van der Waals surface area contributed by atoms with Crippen LogP contribution in [-0.4, -0.2) is 25.6 Å². The highest BCUT2D eigenvalue weighted by Crippen LogP contribution is 2.31. The predicted octanol–water partition coefficient (Wildman–Crippen LogP) is 2.73. The number of nitrogens with two attached hydrogens (primary N) is 1. The van der Waals surface area contributed by atoms with E-state index in [4.69, 9.17) is 5.73 Å². The summed E-state index contributed by atoms with van der Waals surface area (Å²) in [6.07, 6.45) is 2.04. The maximum Gasteiger partial charge on any atom is 0.182 e. The van der Waals surface area contributed by atoms with Crippen molar-refractivity contribution in [3.63, 3.8) is 0 Å². The van der Waals surface area contributed by atoms with Crippen molar-refractivity contribution in [2.45, 2.75) is 24.2 Å². The summed E-state index contributed by atoms with van der Waals surface area (Å²) in [5, 5.41) is 3.66. The topological polar surface area (TPSA) is 85.1 Å². The van der Waals surface area contributed by atoms with E-state index in [-0.39, 0.29) is 10.7 Å². The van der Waals surface area contributed by atoms with E-state index in [1.807, 2.05) is 18.2 Å². The number of aromatic nitrogens is 1. The number of nitrogens with zero attached hydrogens (tertiary/aromatic N) is 1. The van der Waals surface area contributed by atoms with Gasteiger partial charge in [0.1, 0.15) is 9.90 Å². The van der Waals surface area contributed by atoms with E-state index in [2.05, 4.69) is 28.7 Å². The predicted molar refractivity (Wildman–Crippen MR) is 87.6 cm³/mol. The van der Waals surface area contributed by atoms with Crippen molar-refractivity contribution in [1.29, 1.82) is 0 Å². The molecule has 0 saturated heterocycles. The highest BCUT2D eigenvalue weighted by molar-refractivity contribution is 7.91. The molecule has 7 heteroatoms. The lowest BCUT2D eigenvalue weighted by Crippen LogP contribution is -2.08. The Kier molecular flexibility index (Phi) is 4.84. The molecule has 1 aromatic heterocycles. The summed E-state index contributed by atoms with van der Waals surface area (Å²) < 4.78 is 27.3. The Bertz CT molecular complexity index is 696. The van der Waals surface area contributed by atoms with Gasteiger partial charge in [0, 0.05) is 12.8 Å². The maximum atomic E-state index is 11.7. The first-order valence-corrected chi connectivity index (χ1v) is 9.30. The van der Waals surface area contributed by atoms with Gasteiger partial charge in [-0.3, -0.25) is 0 Å². The van der Waals surface area contributed by atoms with Gasteiger partial charge in [-0.1, -0.05) is 37.3 Å². The zero-order chi connectivity index (χ0) is 15.5. The minimum atomic E-state index is -3.36. The van der Waals surface area contributed by atoms with E-state index >= 15 is 0 Å². The number of sulfone groups is 1. The van der Waals surface area contributed by atoms with E-state index in [1.54, 1.807) is 0 Å². The lowest BCUT2D eigenvalue weighted by Gasteiger charge is -2.12. The molecule has 2 aromatic rings. The monoisotopic (exact) mass is 325 g/mol. The fourth-order valence-electron chi connectivity index (χ4n) is 2.12. The molecule has 0 radical (unpaired) electrons. The van der Waals surface area contributed by atoms with Gasteiger partial charge in [-0.05, 0) is 29.4 Å². The summed E-state index contributed by atoms with van der Waals surface area (Å²) in [5.74, 6) is 0.465. The maximum absolute atomic E-state index is 11.7. The van der Waals surface area contributed by atoms with Gasteiger partial charge in [0.15, 0.2) is 15.7 Å². The average Bonchev–Trinajstić information content (AvgIpc) is 2.80. The zero-order valence-corrected chi connectivity index (χ0v) is 13.7. The smallest absolute Gasteiger partial charge is 0.182 e. The molecule has 114 valence electrons. The van der Waals surface area contributed by atoms with E-state index in [9.17, 15) is 8.42 Å². The molecule has 0 bridgehead atoms. The van der Waals surface area contributed by atoms with Crippen molar-refractivity contribution in [2.75, 3.05) is 23.9 Å². The van der Waals surface area contributed by atoms with Gasteiger partial charge in [0.05, 0.1) is 0 Å². The molecule has 1 heterocycles. The van der Waals surface area contributed by atoms with Crippen molar-refractivity contribution >= 4 is 32.2 Å². The van der Waals surface area contributed by atoms with Crippen LogP contribution < -0.4 is 11.1 Å². The third-order valence-electron chi connectivity index (χ3n) is 3.28. The molecular weight excluding hydrogens is 306 g/mol. The summed E-state index contributed by atoms with van der Waals surface area (Å²) in [7, 11) is -3.36. The molecule has 0 saturated carbocycles. The molecule has 5 nitrogen and oxygen atoms in total. The molecule has 0 aliphatic carbocycles. The first kappa shape index (κ1) is 15.8. The van der Waals surface area contributed by atoms with Crippen molar-refractivity contribution in [3.05, 3.63) is 35.9 Å². The number of hydrogen-bond acceptors (Lipinski definition) is 6. The second kappa shape index (κ2) is 6.44. The van der Waals surface area contributed by atoms with Gasteiger partial charge in [-0.25, -0.2) is 8.42 Å². The van der Waals surface area contributed by atoms with E-state index in [0.717, 1.165) is 24.2 Å². The second-order valence-electron chi connectivity index (χ2n) is 5.03. The fourth-order valence-corrected chi connectivity index (χ4v) is 4.21. The molecule has 0 fully saturated rings. The van der Waals surface area contributed by atoms with Crippen LogP contribution in [0.5, 0.6) is 0 Å². The molecule has 0 spiro atoms.